The number of ether oxygens (including phenoxy) is 1. The van der Waals surface area contributed by atoms with E-state index in [1.54, 1.807) is 11.3 Å². The van der Waals surface area contributed by atoms with Gasteiger partial charge in [-0.25, -0.2) is 9.97 Å². The lowest BCUT2D eigenvalue weighted by atomic mass is 10.3. The molecule has 0 spiro atoms. The van der Waals surface area contributed by atoms with Crippen molar-refractivity contribution in [3.63, 3.8) is 0 Å². The molecule has 1 N–H and O–H groups in total. The highest BCUT2D eigenvalue weighted by atomic mass is 32.1. The average Bonchev–Trinajstić information content (AvgIpc) is 2.91. The number of anilines is 1. The molecular formula is C15H22N4OS. The van der Waals surface area contributed by atoms with Gasteiger partial charge in [0, 0.05) is 31.1 Å². The zero-order chi connectivity index (χ0) is 14.7. The lowest BCUT2D eigenvalue weighted by Gasteiger charge is -2.26. The van der Waals surface area contributed by atoms with E-state index >= 15 is 0 Å². The molecule has 0 unspecified atom stereocenters. The summed E-state index contributed by atoms with van der Waals surface area (Å²) >= 11 is 1.77. The predicted molar refractivity (Wildman–Crippen MR) is 87.3 cm³/mol. The Kier molecular flexibility index (Phi) is 4.67. The van der Waals surface area contributed by atoms with E-state index in [1.165, 1.54) is 4.88 Å². The Morgan fingerprint density at radius 2 is 2.14 bits per heavy atom. The van der Waals surface area contributed by atoms with Crippen molar-refractivity contribution in [3.8, 4) is 0 Å². The van der Waals surface area contributed by atoms with Crippen LogP contribution < -0.4 is 5.32 Å². The SMILES string of the molecule is CCc1cc2c(NCCN3CCOCC3)nc(C)nc2s1. The van der Waals surface area contributed by atoms with Gasteiger partial charge in [0.1, 0.15) is 16.5 Å². The molecule has 0 aliphatic carbocycles. The fraction of sp³-hybridized carbons (Fsp3) is 0.600. The van der Waals surface area contributed by atoms with E-state index in [9.17, 15) is 0 Å². The third-order valence-corrected chi connectivity index (χ3v) is 4.90. The number of rotatable bonds is 5. The average molecular weight is 306 g/mol. The number of fused-ring (bicyclic) bond motifs is 1. The number of hydrogen-bond donors (Lipinski definition) is 1. The van der Waals surface area contributed by atoms with Crippen LogP contribution in [0.2, 0.25) is 0 Å². The second-order valence-corrected chi connectivity index (χ2v) is 6.40. The van der Waals surface area contributed by atoms with Crippen molar-refractivity contribution < 1.29 is 4.74 Å². The van der Waals surface area contributed by atoms with Gasteiger partial charge in [-0.3, -0.25) is 4.90 Å². The molecule has 6 heteroatoms. The summed E-state index contributed by atoms with van der Waals surface area (Å²) in [5.74, 6) is 1.81. The lowest BCUT2D eigenvalue weighted by molar-refractivity contribution is 0.0398. The third kappa shape index (κ3) is 3.51. The van der Waals surface area contributed by atoms with Gasteiger partial charge in [0.15, 0.2) is 0 Å². The van der Waals surface area contributed by atoms with Crippen LogP contribution in [0, 0.1) is 6.92 Å². The molecule has 2 aromatic rings. The summed E-state index contributed by atoms with van der Waals surface area (Å²) in [5.41, 5.74) is 0. The van der Waals surface area contributed by atoms with Crippen molar-refractivity contribution in [1.29, 1.82) is 0 Å². The number of aryl methyl sites for hydroxylation is 2. The third-order valence-electron chi connectivity index (χ3n) is 3.73. The first kappa shape index (κ1) is 14.7. The summed E-state index contributed by atoms with van der Waals surface area (Å²) in [6.07, 6.45) is 1.05. The smallest absolute Gasteiger partial charge is 0.138 e. The molecule has 2 aromatic heterocycles. The molecule has 1 aliphatic rings. The minimum Gasteiger partial charge on any atom is -0.379 e. The maximum Gasteiger partial charge on any atom is 0.138 e. The van der Waals surface area contributed by atoms with Crippen molar-refractivity contribution >= 4 is 27.4 Å². The number of nitrogens with zero attached hydrogens (tertiary/aromatic N) is 3. The molecule has 5 nitrogen and oxygen atoms in total. The minimum absolute atomic E-state index is 0.834. The monoisotopic (exact) mass is 306 g/mol. The molecule has 21 heavy (non-hydrogen) atoms. The predicted octanol–water partition coefficient (Wildman–Crippen LogP) is 2.31. The van der Waals surface area contributed by atoms with Crippen LogP contribution in [0.1, 0.15) is 17.6 Å². The summed E-state index contributed by atoms with van der Waals surface area (Å²) < 4.78 is 5.37. The Morgan fingerprint density at radius 1 is 1.33 bits per heavy atom. The minimum atomic E-state index is 0.834. The summed E-state index contributed by atoms with van der Waals surface area (Å²) in [4.78, 5) is 14.0. The van der Waals surface area contributed by atoms with E-state index in [0.717, 1.165) is 67.7 Å². The number of aromatic nitrogens is 2. The highest BCUT2D eigenvalue weighted by Crippen LogP contribution is 2.29. The summed E-state index contributed by atoms with van der Waals surface area (Å²) in [7, 11) is 0. The first-order chi connectivity index (χ1) is 10.3. The van der Waals surface area contributed by atoms with Crippen LogP contribution in [-0.2, 0) is 11.2 Å². The highest BCUT2D eigenvalue weighted by Gasteiger charge is 2.12. The summed E-state index contributed by atoms with van der Waals surface area (Å²) in [5, 5.41) is 4.64. The van der Waals surface area contributed by atoms with E-state index in [-0.39, 0.29) is 0 Å². The lowest BCUT2D eigenvalue weighted by Crippen LogP contribution is -2.39. The molecule has 1 saturated heterocycles. The van der Waals surface area contributed by atoms with Gasteiger partial charge in [-0.1, -0.05) is 6.92 Å². The molecule has 1 fully saturated rings. The van der Waals surface area contributed by atoms with Crippen molar-refractivity contribution in [2.24, 2.45) is 0 Å². The zero-order valence-corrected chi connectivity index (χ0v) is 13.5. The van der Waals surface area contributed by atoms with Gasteiger partial charge in [0.25, 0.3) is 0 Å². The van der Waals surface area contributed by atoms with Crippen LogP contribution in [0.5, 0.6) is 0 Å². The van der Waals surface area contributed by atoms with E-state index < -0.39 is 0 Å². The molecule has 1 aliphatic heterocycles. The number of thiophene rings is 1. The van der Waals surface area contributed by atoms with Crippen LogP contribution in [0.3, 0.4) is 0 Å². The number of hydrogen-bond acceptors (Lipinski definition) is 6. The molecule has 0 aromatic carbocycles. The molecule has 0 bridgehead atoms. The Balaban J connectivity index is 1.69. The molecule has 0 atom stereocenters. The van der Waals surface area contributed by atoms with E-state index in [2.05, 4.69) is 33.2 Å². The second kappa shape index (κ2) is 6.68. The Labute approximate surface area is 129 Å². The normalized spacial score (nSPS) is 16.5. The van der Waals surface area contributed by atoms with Crippen LogP contribution >= 0.6 is 11.3 Å². The van der Waals surface area contributed by atoms with Gasteiger partial charge in [-0.15, -0.1) is 11.3 Å². The molecule has 3 heterocycles. The number of nitrogens with one attached hydrogen (secondary N) is 1. The quantitative estimate of drug-likeness (QED) is 0.918. The first-order valence-electron chi connectivity index (χ1n) is 7.57. The summed E-state index contributed by atoms with van der Waals surface area (Å²) in [6, 6.07) is 2.22. The molecule has 114 valence electrons. The van der Waals surface area contributed by atoms with Crippen LogP contribution in [0.25, 0.3) is 10.2 Å². The van der Waals surface area contributed by atoms with Gasteiger partial charge in [-0.05, 0) is 19.4 Å². The maximum atomic E-state index is 5.37. The standard InChI is InChI=1S/C15H22N4OS/c1-3-12-10-13-14(17-11(2)18-15(13)21-12)16-4-5-19-6-8-20-9-7-19/h10H,3-9H2,1-2H3,(H,16,17,18). The maximum absolute atomic E-state index is 5.37. The first-order valence-corrected chi connectivity index (χ1v) is 8.39. The number of morpholine rings is 1. The fourth-order valence-electron chi connectivity index (χ4n) is 2.54. The van der Waals surface area contributed by atoms with Crippen LogP contribution in [0.15, 0.2) is 6.07 Å². The summed E-state index contributed by atoms with van der Waals surface area (Å²) in [6.45, 7) is 9.81. The topological polar surface area (TPSA) is 50.3 Å². The highest BCUT2D eigenvalue weighted by molar-refractivity contribution is 7.18. The van der Waals surface area contributed by atoms with Crippen molar-refractivity contribution in [2.45, 2.75) is 20.3 Å². The van der Waals surface area contributed by atoms with Gasteiger partial charge in [-0.2, -0.15) is 0 Å². The molecule has 3 rings (SSSR count). The van der Waals surface area contributed by atoms with Crippen LogP contribution in [0.4, 0.5) is 5.82 Å². The zero-order valence-electron chi connectivity index (χ0n) is 12.7. The Morgan fingerprint density at radius 3 is 2.90 bits per heavy atom. The van der Waals surface area contributed by atoms with Gasteiger partial charge >= 0.3 is 0 Å². The molecule has 0 saturated carbocycles. The van der Waals surface area contributed by atoms with E-state index in [1.807, 2.05) is 6.92 Å². The molecular weight excluding hydrogens is 284 g/mol. The van der Waals surface area contributed by atoms with Gasteiger partial charge in [0.2, 0.25) is 0 Å². The van der Waals surface area contributed by atoms with Crippen molar-refractivity contribution in [3.05, 3.63) is 16.8 Å². The van der Waals surface area contributed by atoms with Crippen molar-refractivity contribution in [2.75, 3.05) is 44.7 Å². The van der Waals surface area contributed by atoms with Crippen molar-refractivity contribution in [1.82, 2.24) is 14.9 Å². The van der Waals surface area contributed by atoms with E-state index in [4.69, 9.17) is 4.74 Å². The molecule has 0 radical (unpaired) electrons. The second-order valence-electron chi connectivity index (χ2n) is 5.29. The van der Waals surface area contributed by atoms with E-state index in [0.29, 0.717) is 0 Å². The van der Waals surface area contributed by atoms with Gasteiger partial charge < -0.3 is 10.1 Å². The van der Waals surface area contributed by atoms with Crippen LogP contribution in [-0.4, -0.2) is 54.3 Å². The van der Waals surface area contributed by atoms with Gasteiger partial charge in [0.05, 0.1) is 18.6 Å². The Hall–Kier alpha value is -1.24. The Bertz CT molecular complexity index is 607. The fourth-order valence-corrected chi connectivity index (χ4v) is 3.56. The molecule has 0 amide bonds. The largest absolute Gasteiger partial charge is 0.379 e.